The largest absolute Gasteiger partial charge is 0.488 e. The highest BCUT2D eigenvalue weighted by Gasteiger charge is 2.04. The van der Waals surface area contributed by atoms with Crippen LogP contribution in [0.4, 0.5) is 8.78 Å². The number of hydrogen-bond acceptors (Lipinski definition) is 2. The van der Waals surface area contributed by atoms with Gasteiger partial charge in [-0.15, -0.1) is 0 Å². The Morgan fingerprint density at radius 2 is 1.88 bits per heavy atom. The van der Waals surface area contributed by atoms with Crippen molar-refractivity contribution in [2.45, 2.75) is 32.7 Å². The van der Waals surface area contributed by atoms with Crippen molar-refractivity contribution in [3.05, 3.63) is 29.8 Å². The summed E-state index contributed by atoms with van der Waals surface area (Å²) in [4.78, 5) is 0. The molecule has 0 amide bonds. The molecule has 1 N–H and O–H groups in total. The highest BCUT2D eigenvalue weighted by atomic mass is 19.3. The molecular weight excluding hydrogens is 224 g/mol. The lowest BCUT2D eigenvalue weighted by Crippen LogP contribution is -2.27. The predicted molar refractivity (Wildman–Crippen MR) is 64.8 cm³/mol. The normalized spacial score (nSPS) is 12.8. The van der Waals surface area contributed by atoms with Crippen molar-refractivity contribution in [1.82, 2.24) is 5.32 Å². The molecule has 0 aliphatic rings. The molecule has 2 nitrogen and oxygen atoms in total. The van der Waals surface area contributed by atoms with Gasteiger partial charge in [0.1, 0.15) is 12.4 Å². The van der Waals surface area contributed by atoms with Gasteiger partial charge in [0.2, 0.25) is 0 Å². The number of ether oxygens (including phenoxy) is 1. The lowest BCUT2D eigenvalue weighted by molar-refractivity contribution is 0.0819. The zero-order valence-electron chi connectivity index (χ0n) is 10.2. The van der Waals surface area contributed by atoms with Crippen molar-refractivity contribution < 1.29 is 13.5 Å². The van der Waals surface area contributed by atoms with Gasteiger partial charge in [-0.2, -0.15) is 0 Å². The first-order chi connectivity index (χ1) is 8.11. The lowest BCUT2D eigenvalue weighted by Gasteiger charge is -2.12. The molecule has 0 fully saturated rings. The van der Waals surface area contributed by atoms with E-state index in [1.54, 1.807) is 12.1 Å². The van der Waals surface area contributed by atoms with Crippen molar-refractivity contribution in [3.8, 4) is 5.75 Å². The van der Waals surface area contributed by atoms with Crippen LogP contribution in [0.2, 0.25) is 0 Å². The van der Waals surface area contributed by atoms with Crippen LogP contribution in [-0.4, -0.2) is 25.6 Å². The highest BCUT2D eigenvalue weighted by Crippen LogP contribution is 2.14. The Bertz CT molecular complexity index is 314. The number of alkyl halides is 2. The van der Waals surface area contributed by atoms with Crippen LogP contribution in [-0.2, 0) is 6.42 Å². The second-order valence-corrected chi connectivity index (χ2v) is 4.01. The van der Waals surface area contributed by atoms with Gasteiger partial charge < -0.3 is 10.1 Å². The van der Waals surface area contributed by atoms with Crippen molar-refractivity contribution >= 4 is 0 Å². The van der Waals surface area contributed by atoms with Gasteiger partial charge in [-0.3, -0.25) is 0 Å². The molecule has 96 valence electrons. The van der Waals surface area contributed by atoms with E-state index in [0.717, 1.165) is 13.0 Å². The molecule has 0 spiro atoms. The first kappa shape index (κ1) is 13.9. The van der Waals surface area contributed by atoms with Crippen LogP contribution in [0.1, 0.15) is 19.4 Å². The highest BCUT2D eigenvalue weighted by molar-refractivity contribution is 5.27. The summed E-state index contributed by atoms with van der Waals surface area (Å²) in [5.41, 5.74) is 1.17. The van der Waals surface area contributed by atoms with E-state index in [1.165, 1.54) is 5.56 Å². The number of benzene rings is 1. The summed E-state index contributed by atoms with van der Waals surface area (Å²) in [5, 5.41) is 3.32. The summed E-state index contributed by atoms with van der Waals surface area (Å²) in [7, 11) is 0. The number of hydrogen-bond donors (Lipinski definition) is 1. The smallest absolute Gasteiger partial charge is 0.272 e. The van der Waals surface area contributed by atoms with E-state index in [4.69, 9.17) is 4.74 Å². The molecule has 0 bridgehead atoms. The molecule has 1 rings (SSSR count). The summed E-state index contributed by atoms with van der Waals surface area (Å²) in [5.74, 6) is 0.491. The molecule has 0 heterocycles. The van der Waals surface area contributed by atoms with Crippen molar-refractivity contribution in [2.24, 2.45) is 0 Å². The molecule has 0 aromatic heterocycles. The summed E-state index contributed by atoms with van der Waals surface area (Å²) >= 11 is 0. The SMILES string of the molecule is CCNC(C)Cc1ccc(OCC(F)F)cc1. The third-order valence-corrected chi connectivity index (χ3v) is 2.39. The topological polar surface area (TPSA) is 21.3 Å². The molecule has 0 saturated heterocycles. The maximum Gasteiger partial charge on any atom is 0.272 e. The molecule has 4 heteroatoms. The van der Waals surface area contributed by atoms with Crippen LogP contribution in [0.5, 0.6) is 5.75 Å². The van der Waals surface area contributed by atoms with Crippen molar-refractivity contribution in [3.63, 3.8) is 0 Å². The lowest BCUT2D eigenvalue weighted by atomic mass is 10.1. The van der Waals surface area contributed by atoms with Crippen molar-refractivity contribution in [2.75, 3.05) is 13.2 Å². The quantitative estimate of drug-likeness (QED) is 0.795. The molecule has 0 saturated carbocycles. The Hall–Kier alpha value is -1.16. The van der Waals surface area contributed by atoms with Crippen LogP contribution in [0.3, 0.4) is 0 Å². The molecule has 0 aliphatic carbocycles. The first-order valence-corrected chi connectivity index (χ1v) is 5.85. The number of halogens is 2. The predicted octanol–water partition coefficient (Wildman–Crippen LogP) is 2.87. The fourth-order valence-corrected chi connectivity index (χ4v) is 1.66. The molecule has 1 aromatic rings. The van der Waals surface area contributed by atoms with Crippen LogP contribution in [0, 0.1) is 0 Å². The van der Waals surface area contributed by atoms with E-state index in [0.29, 0.717) is 11.8 Å². The van der Waals surface area contributed by atoms with Gasteiger partial charge >= 0.3 is 0 Å². The Kier molecular flexibility index (Phi) is 5.91. The minimum absolute atomic E-state index is 0.410. The van der Waals surface area contributed by atoms with Gasteiger partial charge in [-0.25, -0.2) is 8.78 Å². The standard InChI is InChI=1S/C13H19F2NO/c1-3-16-10(2)8-11-4-6-12(7-5-11)17-9-13(14)15/h4-7,10,13,16H,3,8-9H2,1-2H3. The Labute approximate surface area is 101 Å². The molecule has 1 unspecified atom stereocenters. The number of nitrogens with one attached hydrogen (secondary N) is 1. The molecule has 1 atom stereocenters. The number of rotatable bonds is 7. The number of likely N-dealkylation sites (N-methyl/N-ethyl adjacent to an activating group) is 1. The average molecular weight is 243 g/mol. The minimum Gasteiger partial charge on any atom is -0.488 e. The second-order valence-electron chi connectivity index (χ2n) is 4.01. The van der Waals surface area contributed by atoms with Gasteiger partial charge in [0.15, 0.2) is 0 Å². The fourth-order valence-electron chi connectivity index (χ4n) is 1.66. The van der Waals surface area contributed by atoms with Gasteiger partial charge in [-0.1, -0.05) is 19.1 Å². The summed E-state index contributed by atoms with van der Waals surface area (Å²) < 4.78 is 28.8. The van der Waals surface area contributed by atoms with E-state index >= 15 is 0 Å². The third-order valence-electron chi connectivity index (χ3n) is 2.39. The summed E-state index contributed by atoms with van der Waals surface area (Å²) in [6, 6.07) is 7.70. The Morgan fingerprint density at radius 1 is 1.24 bits per heavy atom. The fraction of sp³-hybridized carbons (Fsp3) is 0.538. The third kappa shape index (κ3) is 5.63. The van der Waals surface area contributed by atoms with E-state index in [1.807, 2.05) is 12.1 Å². The van der Waals surface area contributed by atoms with Gasteiger partial charge in [0.05, 0.1) is 0 Å². The van der Waals surface area contributed by atoms with Crippen LogP contribution in [0.25, 0.3) is 0 Å². The van der Waals surface area contributed by atoms with E-state index < -0.39 is 13.0 Å². The molecule has 1 aromatic carbocycles. The van der Waals surface area contributed by atoms with Crippen molar-refractivity contribution in [1.29, 1.82) is 0 Å². The van der Waals surface area contributed by atoms with Gasteiger partial charge in [-0.05, 0) is 37.6 Å². The zero-order valence-corrected chi connectivity index (χ0v) is 10.2. The summed E-state index contributed by atoms with van der Waals surface area (Å²) in [6.07, 6.45) is -1.51. The van der Waals surface area contributed by atoms with E-state index in [2.05, 4.69) is 19.2 Å². The average Bonchev–Trinajstić information content (AvgIpc) is 2.28. The minimum atomic E-state index is -2.43. The molecular formula is C13H19F2NO. The van der Waals surface area contributed by atoms with Crippen LogP contribution >= 0.6 is 0 Å². The second kappa shape index (κ2) is 7.22. The Balaban J connectivity index is 2.44. The van der Waals surface area contributed by atoms with E-state index in [9.17, 15) is 8.78 Å². The van der Waals surface area contributed by atoms with Gasteiger partial charge in [0, 0.05) is 6.04 Å². The zero-order chi connectivity index (χ0) is 12.7. The maximum atomic E-state index is 11.9. The Morgan fingerprint density at radius 3 is 2.41 bits per heavy atom. The van der Waals surface area contributed by atoms with Crippen LogP contribution < -0.4 is 10.1 Å². The molecule has 17 heavy (non-hydrogen) atoms. The molecule has 0 aliphatic heterocycles. The maximum absolute atomic E-state index is 11.9. The van der Waals surface area contributed by atoms with E-state index in [-0.39, 0.29) is 0 Å². The first-order valence-electron chi connectivity index (χ1n) is 5.85. The van der Waals surface area contributed by atoms with Gasteiger partial charge in [0.25, 0.3) is 6.43 Å². The monoisotopic (exact) mass is 243 g/mol. The van der Waals surface area contributed by atoms with Crippen LogP contribution in [0.15, 0.2) is 24.3 Å². The molecule has 0 radical (unpaired) electrons. The summed E-state index contributed by atoms with van der Waals surface area (Å²) in [6.45, 7) is 4.58.